The molecular weight excluding hydrogens is 440 g/mol. The minimum absolute atomic E-state index is 0.0875. The first-order chi connectivity index (χ1) is 16.6. The molecule has 0 radical (unpaired) electrons. The van der Waals surface area contributed by atoms with E-state index in [1.54, 1.807) is 16.7 Å². The highest BCUT2D eigenvalue weighted by molar-refractivity contribution is 5.86. The second-order valence-electron chi connectivity index (χ2n) is 9.23. The molecular formula is C27H34N6O2. The van der Waals surface area contributed by atoms with Gasteiger partial charge in [0.2, 0.25) is 11.8 Å². The number of aryl methyl sites for hydroxylation is 5. The van der Waals surface area contributed by atoms with Gasteiger partial charge in [-0.15, -0.1) is 5.10 Å². The van der Waals surface area contributed by atoms with Crippen molar-refractivity contribution >= 4 is 16.9 Å². The lowest BCUT2D eigenvalue weighted by molar-refractivity contribution is -0.130. The van der Waals surface area contributed by atoms with Gasteiger partial charge in [0.25, 0.3) is 0 Å². The minimum Gasteiger partial charge on any atom is -0.479 e. The lowest BCUT2D eigenvalue weighted by Gasteiger charge is -2.19. The van der Waals surface area contributed by atoms with E-state index in [9.17, 15) is 4.79 Å². The van der Waals surface area contributed by atoms with Gasteiger partial charge in [0, 0.05) is 44.0 Å². The van der Waals surface area contributed by atoms with Crippen LogP contribution in [0.4, 0.5) is 0 Å². The number of nitrogens with zero attached hydrogens (tertiary/aromatic N) is 6. The zero-order valence-electron chi connectivity index (χ0n) is 21.9. The SMILES string of the molecule is COc1nn(C)c2nc(C)c(CCC(=O)N(C)Cc3c(C)nn(-c4ccccc4C)c3C)c(C)c12. The molecule has 1 amide bonds. The molecule has 0 aliphatic heterocycles. The van der Waals surface area contributed by atoms with Gasteiger partial charge >= 0.3 is 0 Å². The molecule has 3 aromatic heterocycles. The average molecular weight is 475 g/mol. The van der Waals surface area contributed by atoms with E-state index in [1.807, 2.05) is 44.8 Å². The Labute approximate surface area is 206 Å². The summed E-state index contributed by atoms with van der Waals surface area (Å²) >= 11 is 0. The van der Waals surface area contributed by atoms with Crippen LogP contribution in [0, 0.1) is 34.6 Å². The van der Waals surface area contributed by atoms with E-state index in [2.05, 4.69) is 38.0 Å². The highest BCUT2D eigenvalue weighted by atomic mass is 16.5. The fraction of sp³-hybridized carbons (Fsp3) is 0.407. The van der Waals surface area contributed by atoms with Crippen molar-refractivity contribution in [1.82, 2.24) is 29.4 Å². The maximum absolute atomic E-state index is 13.1. The molecule has 0 saturated heterocycles. The number of ether oxygens (including phenoxy) is 1. The van der Waals surface area contributed by atoms with Crippen molar-refractivity contribution in [3.05, 3.63) is 63.6 Å². The predicted octanol–water partition coefficient (Wildman–Crippen LogP) is 4.30. The molecule has 4 aromatic rings. The smallest absolute Gasteiger partial charge is 0.242 e. The van der Waals surface area contributed by atoms with Gasteiger partial charge in [0.1, 0.15) is 0 Å². The molecule has 0 spiro atoms. The number of carbonyl (C=O) groups excluding carboxylic acids is 1. The third-order valence-corrected chi connectivity index (χ3v) is 6.91. The van der Waals surface area contributed by atoms with E-state index in [0.29, 0.717) is 25.3 Å². The zero-order chi connectivity index (χ0) is 25.4. The predicted molar refractivity (Wildman–Crippen MR) is 137 cm³/mol. The van der Waals surface area contributed by atoms with Crippen LogP contribution < -0.4 is 4.74 Å². The third-order valence-electron chi connectivity index (χ3n) is 6.91. The summed E-state index contributed by atoms with van der Waals surface area (Å²) in [4.78, 5) is 19.7. The summed E-state index contributed by atoms with van der Waals surface area (Å²) in [6.45, 7) is 10.7. The van der Waals surface area contributed by atoms with Crippen molar-refractivity contribution in [2.75, 3.05) is 14.2 Å². The van der Waals surface area contributed by atoms with E-state index in [4.69, 9.17) is 14.8 Å². The number of hydrogen-bond donors (Lipinski definition) is 0. The summed E-state index contributed by atoms with van der Waals surface area (Å²) in [5.41, 5.74) is 9.16. The Morgan fingerprint density at radius 3 is 2.43 bits per heavy atom. The number of fused-ring (bicyclic) bond motifs is 1. The fourth-order valence-corrected chi connectivity index (χ4v) is 4.79. The molecule has 0 N–H and O–H groups in total. The van der Waals surface area contributed by atoms with Crippen molar-refractivity contribution in [3.8, 4) is 11.6 Å². The monoisotopic (exact) mass is 474 g/mol. The van der Waals surface area contributed by atoms with Crippen molar-refractivity contribution in [2.45, 2.75) is 54.0 Å². The summed E-state index contributed by atoms with van der Waals surface area (Å²) in [7, 11) is 5.34. The van der Waals surface area contributed by atoms with E-state index in [1.165, 1.54) is 0 Å². The minimum atomic E-state index is 0.0875. The van der Waals surface area contributed by atoms with E-state index < -0.39 is 0 Å². The first kappa shape index (κ1) is 24.4. The van der Waals surface area contributed by atoms with Crippen LogP contribution in [0.1, 0.15) is 45.8 Å². The molecule has 184 valence electrons. The number of carbonyl (C=O) groups is 1. The van der Waals surface area contributed by atoms with Crippen LogP contribution >= 0.6 is 0 Å². The molecule has 3 heterocycles. The number of rotatable bonds is 7. The molecule has 8 heteroatoms. The Hall–Kier alpha value is -3.68. The number of methoxy groups -OCH3 is 1. The highest BCUT2D eigenvalue weighted by Gasteiger charge is 2.21. The maximum Gasteiger partial charge on any atom is 0.242 e. The Morgan fingerprint density at radius 2 is 1.74 bits per heavy atom. The number of aromatic nitrogens is 5. The molecule has 0 saturated carbocycles. The molecule has 0 unspecified atom stereocenters. The molecule has 4 rings (SSSR count). The molecule has 0 fully saturated rings. The highest BCUT2D eigenvalue weighted by Crippen LogP contribution is 2.30. The maximum atomic E-state index is 13.1. The Morgan fingerprint density at radius 1 is 1.03 bits per heavy atom. The van der Waals surface area contributed by atoms with Crippen LogP contribution in [-0.2, 0) is 24.8 Å². The molecule has 35 heavy (non-hydrogen) atoms. The van der Waals surface area contributed by atoms with Crippen molar-refractivity contribution in [1.29, 1.82) is 0 Å². The first-order valence-electron chi connectivity index (χ1n) is 11.9. The van der Waals surface area contributed by atoms with Crippen LogP contribution in [0.15, 0.2) is 24.3 Å². The standard InChI is InChI=1S/C27H34N6O2/c1-16-11-9-10-12-23(16)33-20(5)22(19(4)29-33)15-31(6)24(34)14-13-21-17(2)25-26(28-18(21)3)32(7)30-27(25)35-8/h9-12H,13-15H2,1-8H3. The number of hydrogen-bond acceptors (Lipinski definition) is 5. The van der Waals surface area contributed by atoms with Gasteiger partial charge in [-0.25, -0.2) is 14.3 Å². The number of benzene rings is 1. The number of para-hydroxylation sites is 1. The molecule has 8 nitrogen and oxygen atoms in total. The zero-order valence-corrected chi connectivity index (χ0v) is 21.9. The summed E-state index contributed by atoms with van der Waals surface area (Å²) in [5.74, 6) is 0.651. The van der Waals surface area contributed by atoms with Crippen molar-refractivity contribution in [2.24, 2.45) is 7.05 Å². The van der Waals surface area contributed by atoms with Gasteiger partial charge in [0.15, 0.2) is 5.65 Å². The van der Waals surface area contributed by atoms with Gasteiger partial charge in [-0.1, -0.05) is 18.2 Å². The van der Waals surface area contributed by atoms with Crippen LogP contribution in [0.5, 0.6) is 5.88 Å². The van der Waals surface area contributed by atoms with Gasteiger partial charge < -0.3 is 9.64 Å². The van der Waals surface area contributed by atoms with Crippen molar-refractivity contribution in [3.63, 3.8) is 0 Å². The van der Waals surface area contributed by atoms with Gasteiger partial charge in [-0.05, 0) is 63.8 Å². The molecule has 0 aliphatic rings. The number of pyridine rings is 1. The molecule has 0 bridgehead atoms. The van der Waals surface area contributed by atoms with Crippen LogP contribution in [0.2, 0.25) is 0 Å². The quantitative estimate of drug-likeness (QED) is 0.399. The van der Waals surface area contributed by atoms with Crippen LogP contribution in [0.25, 0.3) is 16.7 Å². The van der Waals surface area contributed by atoms with E-state index in [0.717, 1.165) is 56.1 Å². The lowest BCUT2D eigenvalue weighted by Crippen LogP contribution is -2.27. The van der Waals surface area contributed by atoms with Gasteiger partial charge in [0.05, 0.1) is 23.9 Å². The first-order valence-corrected chi connectivity index (χ1v) is 11.9. The Kier molecular flexibility index (Phi) is 6.65. The topological polar surface area (TPSA) is 78.1 Å². The summed E-state index contributed by atoms with van der Waals surface area (Å²) in [5, 5.41) is 10.1. The van der Waals surface area contributed by atoms with Crippen molar-refractivity contribution < 1.29 is 9.53 Å². The van der Waals surface area contributed by atoms with Crippen LogP contribution in [0.3, 0.4) is 0 Å². The van der Waals surface area contributed by atoms with Gasteiger partial charge in [-0.2, -0.15) is 5.10 Å². The molecule has 0 atom stereocenters. The summed E-state index contributed by atoms with van der Waals surface area (Å²) in [6, 6.07) is 8.20. The normalized spacial score (nSPS) is 11.3. The lowest BCUT2D eigenvalue weighted by atomic mass is 10.00. The largest absolute Gasteiger partial charge is 0.479 e. The second kappa shape index (κ2) is 9.52. The van der Waals surface area contributed by atoms with Gasteiger partial charge in [-0.3, -0.25) is 4.79 Å². The van der Waals surface area contributed by atoms with E-state index in [-0.39, 0.29) is 5.91 Å². The van der Waals surface area contributed by atoms with Crippen LogP contribution in [-0.4, -0.2) is 49.5 Å². The third kappa shape index (κ3) is 4.40. The molecule has 0 aliphatic carbocycles. The summed E-state index contributed by atoms with van der Waals surface area (Å²) < 4.78 is 9.18. The fourth-order valence-electron chi connectivity index (χ4n) is 4.79. The Balaban J connectivity index is 1.52. The summed E-state index contributed by atoms with van der Waals surface area (Å²) in [6.07, 6.45) is 1.01. The van der Waals surface area contributed by atoms with E-state index >= 15 is 0 Å². The second-order valence-corrected chi connectivity index (χ2v) is 9.23. The Bertz CT molecular complexity index is 1420. The molecule has 1 aromatic carbocycles. The number of amides is 1. The average Bonchev–Trinajstić information content (AvgIpc) is 3.29.